The van der Waals surface area contributed by atoms with E-state index in [9.17, 15) is 13.5 Å². The van der Waals surface area contributed by atoms with Gasteiger partial charge in [-0.1, -0.05) is 18.2 Å². The van der Waals surface area contributed by atoms with Crippen LogP contribution >= 0.6 is 0 Å². The van der Waals surface area contributed by atoms with E-state index < -0.39 is 16.1 Å². The number of anilines is 1. The van der Waals surface area contributed by atoms with Crippen LogP contribution in [-0.4, -0.2) is 52.1 Å². The van der Waals surface area contributed by atoms with Crippen LogP contribution in [0.15, 0.2) is 109 Å². The van der Waals surface area contributed by atoms with Crippen molar-refractivity contribution < 1.29 is 18.3 Å². The highest BCUT2D eigenvalue weighted by Crippen LogP contribution is 2.36. The van der Waals surface area contributed by atoms with Crippen molar-refractivity contribution in [1.29, 1.82) is 0 Å². The Morgan fingerprint density at radius 3 is 2.35 bits per heavy atom. The highest BCUT2D eigenvalue weighted by Gasteiger charge is 2.37. The molecule has 0 spiro atoms. The molecule has 220 valence electrons. The van der Waals surface area contributed by atoms with Gasteiger partial charge in [0.25, 0.3) is 0 Å². The summed E-state index contributed by atoms with van der Waals surface area (Å²) in [4.78, 5) is 10.9. The molecular weight excluding hydrogens is 562 g/mol. The van der Waals surface area contributed by atoms with Crippen molar-refractivity contribution in [3.8, 4) is 22.6 Å². The third-order valence-corrected chi connectivity index (χ3v) is 9.85. The number of aryl methyl sites for hydroxylation is 1. The second-order valence-electron chi connectivity index (χ2n) is 10.7. The minimum Gasteiger partial charge on any atom is -0.508 e. The van der Waals surface area contributed by atoms with Gasteiger partial charge in [0, 0.05) is 50.5 Å². The fourth-order valence-corrected chi connectivity index (χ4v) is 7.20. The number of imidazole rings is 1. The molecule has 0 saturated heterocycles. The second kappa shape index (κ2) is 11.9. The van der Waals surface area contributed by atoms with Gasteiger partial charge in [0.2, 0.25) is 10.0 Å². The highest BCUT2D eigenvalue weighted by molar-refractivity contribution is 7.89. The lowest BCUT2D eigenvalue weighted by Gasteiger charge is -2.32. The number of phenols is 1. The lowest BCUT2D eigenvalue weighted by molar-refractivity contribution is 0.317. The molecule has 0 unspecified atom stereocenters. The molecule has 3 heterocycles. The molecule has 1 aliphatic heterocycles. The van der Waals surface area contributed by atoms with Crippen LogP contribution in [0.3, 0.4) is 0 Å². The number of ether oxygens (including phenoxy) is 1. The second-order valence-corrected chi connectivity index (χ2v) is 12.6. The average molecular weight is 596 g/mol. The van der Waals surface area contributed by atoms with E-state index in [2.05, 4.69) is 33.1 Å². The standard InChI is InChI=1S/C33H33N5O4S/c1-36-23-35-19-29(36)22-37-21-28(17-24-3-6-30(39)7-4-24)38(43(40,41)32-10-8-31(42-2)9-11-32)20-27-18-26(5-12-33(27)37)25-13-15-34-16-14-25/h3-16,18-19,23,28,39H,17,20-22H2,1-2H3/t28-/m1/s1. The van der Waals surface area contributed by atoms with Crippen LogP contribution in [0.25, 0.3) is 11.1 Å². The first-order valence-electron chi connectivity index (χ1n) is 14.0. The highest BCUT2D eigenvalue weighted by atomic mass is 32.2. The molecule has 2 aromatic heterocycles. The number of fused-ring (bicyclic) bond motifs is 1. The Morgan fingerprint density at radius 1 is 0.930 bits per heavy atom. The first-order valence-corrected chi connectivity index (χ1v) is 15.4. The van der Waals surface area contributed by atoms with E-state index in [1.54, 1.807) is 66.5 Å². The molecule has 5 aromatic rings. The molecule has 43 heavy (non-hydrogen) atoms. The summed E-state index contributed by atoms with van der Waals surface area (Å²) in [5.41, 5.74) is 5.82. The first kappa shape index (κ1) is 28.4. The number of aromatic hydroxyl groups is 1. The van der Waals surface area contributed by atoms with E-state index in [0.29, 0.717) is 25.3 Å². The normalized spacial score (nSPS) is 15.6. The zero-order valence-electron chi connectivity index (χ0n) is 24.0. The van der Waals surface area contributed by atoms with E-state index in [1.807, 2.05) is 42.1 Å². The molecule has 1 atom stereocenters. The number of nitrogens with zero attached hydrogens (tertiary/aromatic N) is 5. The SMILES string of the molecule is COc1ccc(S(=O)(=O)N2Cc3cc(-c4ccncc4)ccc3N(Cc3cncn3C)C[C@H]2Cc2ccc(O)cc2)cc1. The fraction of sp³-hybridized carbons (Fsp3) is 0.212. The van der Waals surface area contributed by atoms with Crippen LogP contribution in [0.2, 0.25) is 0 Å². The monoisotopic (exact) mass is 595 g/mol. The van der Waals surface area contributed by atoms with Gasteiger partial charge >= 0.3 is 0 Å². The quantitative estimate of drug-likeness (QED) is 0.269. The molecule has 3 aromatic carbocycles. The first-order chi connectivity index (χ1) is 20.8. The van der Waals surface area contributed by atoms with E-state index in [-0.39, 0.29) is 17.2 Å². The summed E-state index contributed by atoms with van der Waals surface area (Å²) in [5, 5.41) is 9.89. The van der Waals surface area contributed by atoms with E-state index in [1.165, 1.54) is 0 Å². The third kappa shape index (κ3) is 5.97. The van der Waals surface area contributed by atoms with Crippen LogP contribution in [-0.2, 0) is 36.6 Å². The topological polar surface area (TPSA) is 101 Å². The van der Waals surface area contributed by atoms with Crippen LogP contribution in [0.4, 0.5) is 5.69 Å². The Balaban J connectivity index is 1.48. The van der Waals surface area contributed by atoms with Crippen molar-refractivity contribution in [2.45, 2.75) is 30.4 Å². The number of rotatable bonds is 8. The summed E-state index contributed by atoms with van der Waals surface area (Å²) >= 11 is 0. The van der Waals surface area contributed by atoms with Crippen LogP contribution in [0, 0.1) is 0 Å². The lowest BCUT2D eigenvalue weighted by atomic mass is 10.0. The Labute approximate surface area is 251 Å². The number of hydrogen-bond donors (Lipinski definition) is 1. The predicted octanol–water partition coefficient (Wildman–Crippen LogP) is 5.02. The van der Waals surface area contributed by atoms with E-state index >= 15 is 0 Å². The molecule has 0 aliphatic carbocycles. The van der Waals surface area contributed by atoms with Crippen molar-refractivity contribution in [2.24, 2.45) is 7.05 Å². The summed E-state index contributed by atoms with van der Waals surface area (Å²) in [7, 11) is -0.411. The molecular formula is C33H33N5O4S. The van der Waals surface area contributed by atoms with Gasteiger partial charge in [-0.2, -0.15) is 4.31 Å². The van der Waals surface area contributed by atoms with Gasteiger partial charge in [-0.15, -0.1) is 0 Å². The Morgan fingerprint density at radius 2 is 1.67 bits per heavy atom. The molecule has 0 radical (unpaired) electrons. The maximum atomic E-state index is 14.4. The van der Waals surface area contributed by atoms with E-state index in [0.717, 1.165) is 33.6 Å². The number of benzene rings is 3. The van der Waals surface area contributed by atoms with Gasteiger partial charge in [0.05, 0.1) is 30.6 Å². The van der Waals surface area contributed by atoms with Crippen LogP contribution in [0.5, 0.6) is 11.5 Å². The van der Waals surface area contributed by atoms with Gasteiger partial charge < -0.3 is 19.3 Å². The third-order valence-electron chi connectivity index (χ3n) is 7.94. The summed E-state index contributed by atoms with van der Waals surface area (Å²) in [6, 6.07) is 23.2. The Kier molecular flexibility index (Phi) is 7.88. The molecule has 0 saturated carbocycles. The molecule has 9 nitrogen and oxygen atoms in total. The van der Waals surface area contributed by atoms with Crippen LogP contribution < -0.4 is 9.64 Å². The van der Waals surface area contributed by atoms with E-state index in [4.69, 9.17) is 4.74 Å². The maximum Gasteiger partial charge on any atom is 0.243 e. The minimum atomic E-state index is -3.93. The molecule has 10 heteroatoms. The minimum absolute atomic E-state index is 0.168. The predicted molar refractivity (Wildman–Crippen MR) is 165 cm³/mol. The zero-order valence-corrected chi connectivity index (χ0v) is 24.9. The smallest absolute Gasteiger partial charge is 0.243 e. The molecule has 1 aliphatic rings. The number of aromatic nitrogens is 3. The largest absolute Gasteiger partial charge is 0.508 e. The summed E-state index contributed by atoms with van der Waals surface area (Å²) in [5.74, 6) is 0.756. The zero-order chi connectivity index (χ0) is 30.0. The lowest BCUT2D eigenvalue weighted by Crippen LogP contribution is -2.45. The van der Waals surface area contributed by atoms with Gasteiger partial charge in [-0.25, -0.2) is 13.4 Å². The molecule has 0 fully saturated rings. The number of sulfonamides is 1. The van der Waals surface area contributed by atoms with Crippen molar-refractivity contribution in [2.75, 3.05) is 18.6 Å². The average Bonchev–Trinajstić information content (AvgIpc) is 3.36. The molecule has 1 N–H and O–H groups in total. The number of phenolic OH excluding ortho intramolecular Hbond substituents is 1. The molecule has 0 amide bonds. The fourth-order valence-electron chi connectivity index (χ4n) is 5.60. The number of methoxy groups -OCH3 is 1. The van der Waals surface area contributed by atoms with Gasteiger partial charge in [0.1, 0.15) is 11.5 Å². The van der Waals surface area contributed by atoms with Gasteiger partial charge in [-0.05, 0) is 89.3 Å². The van der Waals surface area contributed by atoms with Crippen molar-refractivity contribution >= 4 is 15.7 Å². The van der Waals surface area contributed by atoms with Gasteiger partial charge in [-0.3, -0.25) is 4.98 Å². The van der Waals surface area contributed by atoms with Crippen molar-refractivity contribution in [3.63, 3.8) is 0 Å². The summed E-state index contributed by atoms with van der Waals surface area (Å²) in [6.45, 7) is 1.19. The molecule has 6 rings (SSSR count). The van der Waals surface area contributed by atoms with Crippen molar-refractivity contribution in [1.82, 2.24) is 18.8 Å². The number of pyridine rings is 1. The number of hydrogen-bond acceptors (Lipinski definition) is 7. The van der Waals surface area contributed by atoms with Crippen LogP contribution in [0.1, 0.15) is 16.8 Å². The van der Waals surface area contributed by atoms with Gasteiger partial charge in [0.15, 0.2) is 0 Å². The Hall–Kier alpha value is -4.67. The molecule has 0 bridgehead atoms. The maximum absolute atomic E-state index is 14.4. The summed E-state index contributed by atoms with van der Waals surface area (Å²) in [6.07, 6.45) is 7.59. The summed E-state index contributed by atoms with van der Waals surface area (Å²) < 4.78 is 37.8. The van der Waals surface area contributed by atoms with Crippen molar-refractivity contribution in [3.05, 3.63) is 121 Å². The Bertz CT molecular complexity index is 1810.